The van der Waals surface area contributed by atoms with Gasteiger partial charge in [0.15, 0.2) is 0 Å². The molecule has 2 atom stereocenters. The van der Waals surface area contributed by atoms with E-state index in [1.54, 1.807) is 6.20 Å². The third-order valence-electron chi connectivity index (χ3n) is 5.56. The van der Waals surface area contributed by atoms with Gasteiger partial charge < -0.3 is 5.11 Å². The second kappa shape index (κ2) is 7.49. The summed E-state index contributed by atoms with van der Waals surface area (Å²) in [6.07, 6.45) is 4.46. The molecular formula is C23H24N2O2. The van der Waals surface area contributed by atoms with Crippen LogP contribution in [0, 0.1) is 6.92 Å². The van der Waals surface area contributed by atoms with Gasteiger partial charge in [-0.1, -0.05) is 48.9 Å². The van der Waals surface area contributed by atoms with Crippen molar-refractivity contribution >= 4 is 16.7 Å². The topological polar surface area (TPSA) is 53.4 Å². The number of hydrogen-bond acceptors (Lipinski definition) is 3. The molecule has 0 spiro atoms. The largest absolute Gasteiger partial charge is 0.480 e. The number of carboxylic acids is 1. The van der Waals surface area contributed by atoms with Crippen LogP contribution in [-0.4, -0.2) is 33.5 Å². The second-order valence-electron chi connectivity index (χ2n) is 7.30. The van der Waals surface area contributed by atoms with Gasteiger partial charge in [0.25, 0.3) is 0 Å². The van der Waals surface area contributed by atoms with Crippen LogP contribution in [0.4, 0.5) is 0 Å². The van der Waals surface area contributed by atoms with Crippen molar-refractivity contribution in [2.75, 3.05) is 6.54 Å². The maximum Gasteiger partial charge on any atom is 0.320 e. The van der Waals surface area contributed by atoms with E-state index >= 15 is 0 Å². The lowest BCUT2D eigenvalue weighted by atomic mass is 9.91. The van der Waals surface area contributed by atoms with Crippen molar-refractivity contribution in [3.63, 3.8) is 0 Å². The zero-order valence-electron chi connectivity index (χ0n) is 15.5. The molecule has 0 radical (unpaired) electrons. The van der Waals surface area contributed by atoms with Crippen LogP contribution in [-0.2, 0) is 4.79 Å². The first-order valence-electron chi connectivity index (χ1n) is 9.54. The molecule has 0 saturated carbocycles. The van der Waals surface area contributed by atoms with Crippen molar-refractivity contribution in [1.82, 2.24) is 9.88 Å². The van der Waals surface area contributed by atoms with E-state index in [4.69, 9.17) is 0 Å². The summed E-state index contributed by atoms with van der Waals surface area (Å²) in [5.41, 5.74) is 3.13. The lowest BCUT2D eigenvalue weighted by Crippen LogP contribution is -2.47. The van der Waals surface area contributed by atoms with E-state index in [1.807, 2.05) is 18.2 Å². The number of hydrogen-bond donors (Lipinski definition) is 1. The first-order chi connectivity index (χ1) is 13.1. The van der Waals surface area contributed by atoms with Gasteiger partial charge in [0.05, 0.1) is 11.7 Å². The van der Waals surface area contributed by atoms with E-state index in [1.165, 1.54) is 5.39 Å². The molecule has 0 amide bonds. The molecule has 3 aromatic rings. The molecule has 27 heavy (non-hydrogen) atoms. The van der Waals surface area contributed by atoms with Crippen LogP contribution in [0.15, 0.2) is 60.8 Å². The van der Waals surface area contributed by atoms with E-state index in [9.17, 15) is 9.90 Å². The summed E-state index contributed by atoms with van der Waals surface area (Å²) >= 11 is 0. The first kappa shape index (κ1) is 17.7. The van der Waals surface area contributed by atoms with Gasteiger partial charge in [-0.05, 0) is 60.3 Å². The standard InChI is InChI=1S/C23H24N2O2/c1-16-7-6-13-24-21(16)22(25-14-5-4-10-20(25)23(26)27)19-12-11-17-8-2-3-9-18(17)15-19/h2-3,6-9,11-13,15,20,22H,4-5,10,14H2,1H3,(H,26,27). The van der Waals surface area contributed by atoms with Gasteiger partial charge in [-0.25, -0.2) is 0 Å². The second-order valence-corrected chi connectivity index (χ2v) is 7.30. The minimum absolute atomic E-state index is 0.155. The minimum Gasteiger partial charge on any atom is -0.480 e. The normalized spacial score (nSPS) is 19.1. The number of pyridine rings is 1. The number of nitrogens with zero attached hydrogens (tertiary/aromatic N) is 2. The Labute approximate surface area is 159 Å². The quantitative estimate of drug-likeness (QED) is 0.740. The fraction of sp³-hybridized carbons (Fsp3) is 0.304. The van der Waals surface area contributed by atoms with Crippen LogP contribution < -0.4 is 0 Å². The van der Waals surface area contributed by atoms with Gasteiger partial charge in [-0.2, -0.15) is 0 Å². The van der Waals surface area contributed by atoms with E-state index < -0.39 is 12.0 Å². The summed E-state index contributed by atoms with van der Waals surface area (Å²) in [4.78, 5) is 18.8. The molecule has 1 saturated heterocycles. The van der Waals surface area contributed by atoms with Gasteiger partial charge >= 0.3 is 5.97 Å². The highest BCUT2D eigenvalue weighted by Crippen LogP contribution is 2.35. The van der Waals surface area contributed by atoms with E-state index in [2.05, 4.69) is 53.2 Å². The van der Waals surface area contributed by atoms with Gasteiger partial charge in [-0.15, -0.1) is 0 Å². The number of piperidine rings is 1. The number of aromatic nitrogens is 1. The van der Waals surface area contributed by atoms with E-state index in [-0.39, 0.29) is 6.04 Å². The molecule has 1 N–H and O–H groups in total. The Morgan fingerprint density at radius 2 is 1.93 bits per heavy atom. The molecule has 4 heteroatoms. The Hall–Kier alpha value is -2.72. The monoisotopic (exact) mass is 360 g/mol. The molecule has 2 aromatic carbocycles. The van der Waals surface area contributed by atoms with Crippen molar-refractivity contribution in [2.45, 2.75) is 38.3 Å². The van der Waals surface area contributed by atoms with E-state index in [0.29, 0.717) is 6.42 Å². The average molecular weight is 360 g/mol. The highest BCUT2D eigenvalue weighted by molar-refractivity contribution is 5.83. The maximum absolute atomic E-state index is 12.0. The van der Waals surface area contributed by atoms with Crippen molar-refractivity contribution in [3.05, 3.63) is 77.6 Å². The smallest absolute Gasteiger partial charge is 0.320 e. The summed E-state index contributed by atoms with van der Waals surface area (Å²) in [6.45, 7) is 2.82. The van der Waals surface area contributed by atoms with Crippen LogP contribution in [0.2, 0.25) is 0 Å². The van der Waals surface area contributed by atoms with Gasteiger partial charge in [0.1, 0.15) is 6.04 Å². The molecule has 1 aliphatic heterocycles. The maximum atomic E-state index is 12.0. The number of fused-ring (bicyclic) bond motifs is 1. The van der Waals surface area contributed by atoms with Crippen LogP contribution in [0.25, 0.3) is 10.8 Å². The fourth-order valence-electron chi connectivity index (χ4n) is 4.20. The van der Waals surface area contributed by atoms with Gasteiger partial charge in [-0.3, -0.25) is 14.7 Å². The third kappa shape index (κ3) is 3.45. The Bertz CT molecular complexity index is 969. The minimum atomic E-state index is -0.742. The SMILES string of the molecule is Cc1cccnc1C(c1ccc2ccccc2c1)N1CCCCC1C(=O)O. The number of likely N-dealkylation sites (tertiary alicyclic amines) is 1. The number of carbonyl (C=O) groups is 1. The number of benzene rings is 2. The zero-order valence-corrected chi connectivity index (χ0v) is 15.5. The Balaban J connectivity index is 1.87. The predicted molar refractivity (Wildman–Crippen MR) is 107 cm³/mol. The van der Waals surface area contributed by atoms with Crippen molar-refractivity contribution in [2.24, 2.45) is 0 Å². The molecule has 138 valence electrons. The number of rotatable bonds is 4. The Morgan fingerprint density at radius 1 is 1.11 bits per heavy atom. The zero-order chi connectivity index (χ0) is 18.8. The molecule has 1 fully saturated rings. The number of aliphatic carboxylic acids is 1. The first-order valence-corrected chi connectivity index (χ1v) is 9.54. The summed E-state index contributed by atoms with van der Waals surface area (Å²) in [6, 6.07) is 18.0. The summed E-state index contributed by atoms with van der Waals surface area (Å²) < 4.78 is 0. The van der Waals surface area contributed by atoms with Crippen molar-refractivity contribution in [1.29, 1.82) is 0 Å². The molecular weight excluding hydrogens is 336 g/mol. The summed E-state index contributed by atoms with van der Waals surface area (Å²) in [5, 5.41) is 12.2. The van der Waals surface area contributed by atoms with E-state index in [0.717, 1.165) is 41.6 Å². The molecule has 2 heterocycles. The predicted octanol–water partition coefficient (Wildman–Crippen LogP) is 4.57. The highest BCUT2D eigenvalue weighted by Gasteiger charge is 2.36. The molecule has 0 bridgehead atoms. The molecule has 0 aliphatic carbocycles. The number of aryl methyl sites for hydroxylation is 1. The highest BCUT2D eigenvalue weighted by atomic mass is 16.4. The third-order valence-corrected chi connectivity index (χ3v) is 5.56. The van der Waals surface area contributed by atoms with Crippen molar-refractivity contribution in [3.8, 4) is 0 Å². The van der Waals surface area contributed by atoms with Crippen LogP contribution in [0.1, 0.15) is 42.1 Å². The summed E-state index contributed by atoms with van der Waals surface area (Å²) in [5.74, 6) is -0.742. The van der Waals surface area contributed by atoms with Gasteiger partial charge in [0, 0.05) is 6.20 Å². The lowest BCUT2D eigenvalue weighted by molar-refractivity contribution is -0.145. The fourth-order valence-corrected chi connectivity index (χ4v) is 4.20. The van der Waals surface area contributed by atoms with Gasteiger partial charge in [0.2, 0.25) is 0 Å². The molecule has 1 aromatic heterocycles. The van der Waals surface area contributed by atoms with Crippen LogP contribution in [0.3, 0.4) is 0 Å². The summed E-state index contributed by atoms with van der Waals surface area (Å²) in [7, 11) is 0. The van der Waals surface area contributed by atoms with Crippen LogP contribution in [0.5, 0.6) is 0 Å². The molecule has 4 nitrogen and oxygen atoms in total. The van der Waals surface area contributed by atoms with Crippen molar-refractivity contribution < 1.29 is 9.90 Å². The molecule has 2 unspecified atom stereocenters. The van der Waals surface area contributed by atoms with Crippen LogP contribution >= 0.6 is 0 Å². The molecule has 4 rings (SSSR count). The molecule has 1 aliphatic rings. The number of carboxylic acid groups (broad SMARTS) is 1. The Morgan fingerprint density at radius 3 is 2.70 bits per heavy atom. The average Bonchev–Trinajstić information content (AvgIpc) is 2.70. The Kier molecular flexibility index (Phi) is 4.90. The lowest BCUT2D eigenvalue weighted by Gasteiger charge is -2.39.